The molecule has 4 N–H and O–H groups in total. The van der Waals surface area contributed by atoms with Crippen molar-refractivity contribution in [1.82, 2.24) is 4.90 Å². The zero-order chi connectivity index (χ0) is 12.8. The summed E-state index contributed by atoms with van der Waals surface area (Å²) < 4.78 is 6.39. The monoisotopic (exact) mass is 255 g/mol. The van der Waals surface area contributed by atoms with E-state index in [1.54, 1.807) is 0 Å². The molecule has 1 saturated heterocycles. The predicted octanol–water partition coefficient (Wildman–Crippen LogP) is 1.09. The molecule has 1 spiro atoms. The van der Waals surface area contributed by atoms with E-state index in [1.807, 2.05) is 0 Å². The average molecular weight is 255 g/mol. The fourth-order valence-corrected chi connectivity index (χ4v) is 3.54. The first-order valence-electron chi connectivity index (χ1n) is 7.58. The Bertz CT molecular complexity index is 235. The molecule has 2 aliphatic rings. The van der Waals surface area contributed by atoms with Crippen molar-refractivity contribution in [2.24, 2.45) is 11.5 Å². The summed E-state index contributed by atoms with van der Waals surface area (Å²) in [5, 5.41) is 0. The minimum absolute atomic E-state index is 0.236. The lowest BCUT2D eigenvalue weighted by Crippen LogP contribution is -2.40. The molecule has 18 heavy (non-hydrogen) atoms. The molecule has 2 rings (SSSR count). The molecule has 0 bridgehead atoms. The van der Waals surface area contributed by atoms with E-state index < -0.39 is 0 Å². The number of hydrogen-bond acceptors (Lipinski definition) is 4. The van der Waals surface area contributed by atoms with Gasteiger partial charge in [0.2, 0.25) is 0 Å². The van der Waals surface area contributed by atoms with Crippen molar-refractivity contribution in [3.63, 3.8) is 0 Å². The van der Waals surface area contributed by atoms with Crippen LogP contribution in [0.15, 0.2) is 0 Å². The summed E-state index contributed by atoms with van der Waals surface area (Å²) in [7, 11) is 0. The SMILES string of the molecule is NCCN(CCN)CC1CCC2(CCCCC2)O1. The summed E-state index contributed by atoms with van der Waals surface area (Å²) in [6.07, 6.45) is 9.52. The van der Waals surface area contributed by atoms with E-state index in [-0.39, 0.29) is 5.60 Å². The maximum atomic E-state index is 6.39. The maximum Gasteiger partial charge on any atom is 0.0710 e. The van der Waals surface area contributed by atoms with Gasteiger partial charge in [-0.3, -0.25) is 4.90 Å². The van der Waals surface area contributed by atoms with E-state index in [2.05, 4.69) is 4.90 Å². The molecule has 106 valence electrons. The van der Waals surface area contributed by atoms with E-state index in [0.29, 0.717) is 19.2 Å². The zero-order valence-corrected chi connectivity index (χ0v) is 11.6. The smallest absolute Gasteiger partial charge is 0.0710 e. The molecule has 1 aliphatic carbocycles. The Labute approximate surface area is 111 Å². The lowest BCUT2D eigenvalue weighted by atomic mass is 9.83. The number of hydrogen-bond donors (Lipinski definition) is 2. The fourth-order valence-electron chi connectivity index (χ4n) is 3.54. The Hall–Kier alpha value is -0.160. The average Bonchev–Trinajstić information content (AvgIpc) is 2.74. The fraction of sp³-hybridized carbons (Fsp3) is 1.00. The van der Waals surface area contributed by atoms with E-state index in [0.717, 1.165) is 19.6 Å². The van der Waals surface area contributed by atoms with Gasteiger partial charge < -0.3 is 16.2 Å². The summed E-state index contributed by atoms with van der Waals surface area (Å²) in [5.41, 5.74) is 11.5. The van der Waals surface area contributed by atoms with Gasteiger partial charge in [-0.15, -0.1) is 0 Å². The molecule has 0 aromatic rings. The van der Waals surface area contributed by atoms with E-state index in [4.69, 9.17) is 16.2 Å². The number of ether oxygens (including phenoxy) is 1. The highest BCUT2D eigenvalue weighted by atomic mass is 16.5. The molecule has 1 aliphatic heterocycles. The molecule has 2 fully saturated rings. The van der Waals surface area contributed by atoms with Gasteiger partial charge in [-0.25, -0.2) is 0 Å². The van der Waals surface area contributed by atoms with Crippen LogP contribution < -0.4 is 11.5 Å². The van der Waals surface area contributed by atoms with Crippen molar-refractivity contribution in [3.05, 3.63) is 0 Å². The van der Waals surface area contributed by atoms with Crippen LogP contribution in [0.2, 0.25) is 0 Å². The lowest BCUT2D eigenvalue weighted by molar-refractivity contribution is -0.0714. The van der Waals surface area contributed by atoms with Gasteiger partial charge in [-0.05, 0) is 25.7 Å². The highest BCUT2D eigenvalue weighted by Crippen LogP contribution is 2.41. The minimum Gasteiger partial charge on any atom is -0.370 e. The van der Waals surface area contributed by atoms with Gasteiger partial charge in [-0.2, -0.15) is 0 Å². The van der Waals surface area contributed by atoms with E-state index in [1.165, 1.54) is 44.9 Å². The third-order valence-electron chi connectivity index (χ3n) is 4.46. The first kappa shape index (κ1) is 14.3. The molecule has 4 heteroatoms. The van der Waals surface area contributed by atoms with Gasteiger partial charge in [0.15, 0.2) is 0 Å². The van der Waals surface area contributed by atoms with Crippen LogP contribution in [0.3, 0.4) is 0 Å². The molecule has 1 heterocycles. The second-order valence-corrected chi connectivity index (χ2v) is 5.90. The molecular formula is C14H29N3O. The molecule has 0 aromatic heterocycles. The van der Waals surface area contributed by atoms with Crippen molar-refractivity contribution < 1.29 is 4.74 Å². The summed E-state index contributed by atoms with van der Waals surface area (Å²) in [6, 6.07) is 0. The van der Waals surface area contributed by atoms with E-state index >= 15 is 0 Å². The Kier molecular flexibility index (Phi) is 5.42. The Morgan fingerprint density at radius 2 is 1.67 bits per heavy atom. The van der Waals surface area contributed by atoms with Crippen molar-refractivity contribution >= 4 is 0 Å². The van der Waals surface area contributed by atoms with Crippen LogP contribution in [0.1, 0.15) is 44.9 Å². The predicted molar refractivity (Wildman–Crippen MR) is 74.5 cm³/mol. The third kappa shape index (κ3) is 3.67. The van der Waals surface area contributed by atoms with Crippen LogP contribution in [-0.4, -0.2) is 49.3 Å². The molecule has 0 aromatic carbocycles. The van der Waals surface area contributed by atoms with Crippen molar-refractivity contribution in [2.75, 3.05) is 32.7 Å². The van der Waals surface area contributed by atoms with Crippen molar-refractivity contribution in [1.29, 1.82) is 0 Å². The molecule has 1 saturated carbocycles. The molecule has 0 amide bonds. The second-order valence-electron chi connectivity index (χ2n) is 5.90. The zero-order valence-electron chi connectivity index (χ0n) is 11.6. The third-order valence-corrected chi connectivity index (χ3v) is 4.46. The normalized spacial score (nSPS) is 27.2. The number of rotatable bonds is 6. The van der Waals surface area contributed by atoms with Crippen LogP contribution in [0.25, 0.3) is 0 Å². The highest BCUT2D eigenvalue weighted by Gasteiger charge is 2.40. The van der Waals surface area contributed by atoms with Crippen LogP contribution in [0, 0.1) is 0 Å². The van der Waals surface area contributed by atoms with Crippen LogP contribution in [0.4, 0.5) is 0 Å². The summed E-state index contributed by atoms with van der Waals surface area (Å²) in [4.78, 5) is 2.35. The van der Waals surface area contributed by atoms with Gasteiger partial charge in [0.05, 0.1) is 11.7 Å². The van der Waals surface area contributed by atoms with E-state index in [9.17, 15) is 0 Å². The maximum absolute atomic E-state index is 6.39. The molecule has 0 radical (unpaired) electrons. The standard InChI is InChI=1S/C14H29N3O/c15-8-10-17(11-9-16)12-13-4-7-14(18-13)5-2-1-3-6-14/h13H,1-12,15-16H2. The highest BCUT2D eigenvalue weighted by molar-refractivity contribution is 4.92. The van der Waals surface area contributed by atoms with Gasteiger partial charge in [0.1, 0.15) is 0 Å². The Morgan fingerprint density at radius 3 is 2.28 bits per heavy atom. The minimum atomic E-state index is 0.236. The molecule has 1 unspecified atom stereocenters. The van der Waals surface area contributed by atoms with Crippen molar-refractivity contribution in [3.8, 4) is 0 Å². The Morgan fingerprint density at radius 1 is 1.00 bits per heavy atom. The van der Waals surface area contributed by atoms with Gasteiger partial charge in [0.25, 0.3) is 0 Å². The number of nitrogens with two attached hydrogens (primary N) is 2. The van der Waals surface area contributed by atoms with Crippen molar-refractivity contribution in [2.45, 2.75) is 56.7 Å². The molecule has 1 atom stereocenters. The van der Waals surface area contributed by atoms with Crippen LogP contribution in [-0.2, 0) is 4.74 Å². The summed E-state index contributed by atoms with van der Waals surface area (Å²) in [6.45, 7) is 4.29. The molecule has 4 nitrogen and oxygen atoms in total. The summed E-state index contributed by atoms with van der Waals surface area (Å²) >= 11 is 0. The Balaban J connectivity index is 1.80. The van der Waals surface area contributed by atoms with Gasteiger partial charge in [-0.1, -0.05) is 19.3 Å². The first-order chi connectivity index (χ1) is 8.78. The molecular weight excluding hydrogens is 226 g/mol. The van der Waals surface area contributed by atoms with Gasteiger partial charge >= 0.3 is 0 Å². The lowest BCUT2D eigenvalue weighted by Gasteiger charge is -2.34. The van der Waals surface area contributed by atoms with Crippen LogP contribution >= 0.6 is 0 Å². The summed E-state index contributed by atoms with van der Waals surface area (Å²) in [5.74, 6) is 0. The van der Waals surface area contributed by atoms with Crippen LogP contribution in [0.5, 0.6) is 0 Å². The topological polar surface area (TPSA) is 64.5 Å². The number of nitrogens with zero attached hydrogens (tertiary/aromatic N) is 1. The largest absolute Gasteiger partial charge is 0.370 e. The van der Waals surface area contributed by atoms with Gasteiger partial charge in [0, 0.05) is 32.7 Å². The quantitative estimate of drug-likeness (QED) is 0.745. The first-order valence-corrected chi connectivity index (χ1v) is 7.58. The second kappa shape index (κ2) is 6.85.